The van der Waals surface area contributed by atoms with Gasteiger partial charge in [0.25, 0.3) is 0 Å². The molecular weight excluding hydrogens is 304 g/mol. The molecule has 2 aromatic rings. The van der Waals surface area contributed by atoms with E-state index < -0.39 is 0 Å². The van der Waals surface area contributed by atoms with Gasteiger partial charge in [-0.15, -0.1) is 0 Å². The molecule has 0 radical (unpaired) electrons. The van der Waals surface area contributed by atoms with E-state index in [9.17, 15) is 4.79 Å². The second-order valence-corrected chi connectivity index (χ2v) is 6.62. The summed E-state index contributed by atoms with van der Waals surface area (Å²) in [7, 11) is 0. The Morgan fingerprint density at radius 3 is 2.71 bits per heavy atom. The lowest BCUT2D eigenvalue weighted by Gasteiger charge is -2.38. The number of hydrogen-bond donors (Lipinski definition) is 1. The van der Waals surface area contributed by atoms with E-state index >= 15 is 0 Å². The number of nitrogens with zero attached hydrogens (tertiary/aromatic N) is 1. The van der Waals surface area contributed by atoms with Crippen LogP contribution in [0.1, 0.15) is 56.2 Å². The van der Waals surface area contributed by atoms with Crippen molar-refractivity contribution in [2.45, 2.75) is 59.0 Å². The average molecular weight is 330 g/mol. The van der Waals surface area contributed by atoms with E-state index in [-0.39, 0.29) is 5.91 Å². The van der Waals surface area contributed by atoms with E-state index in [1.165, 1.54) is 6.42 Å². The maximum Gasteiger partial charge on any atom is 0.301 e. The van der Waals surface area contributed by atoms with Crippen molar-refractivity contribution < 1.29 is 13.9 Å². The van der Waals surface area contributed by atoms with Gasteiger partial charge in [-0.2, -0.15) is 0 Å². The maximum atomic E-state index is 12.7. The van der Waals surface area contributed by atoms with Gasteiger partial charge in [0.2, 0.25) is 0 Å². The first-order chi connectivity index (χ1) is 11.5. The molecule has 2 atom stereocenters. The summed E-state index contributed by atoms with van der Waals surface area (Å²) in [5.74, 6) is 0.991. The van der Waals surface area contributed by atoms with Crippen LogP contribution in [0.4, 0.5) is 0 Å². The Kier molecular flexibility index (Phi) is 4.81. The molecule has 0 saturated carbocycles. The van der Waals surface area contributed by atoms with Gasteiger partial charge in [-0.1, -0.05) is 6.42 Å². The maximum absolute atomic E-state index is 12.7. The third-order valence-corrected chi connectivity index (χ3v) is 4.85. The number of benzene rings is 1. The summed E-state index contributed by atoms with van der Waals surface area (Å²) in [6, 6.07) is 6.33. The van der Waals surface area contributed by atoms with Crippen LogP contribution < -0.4 is 10.2 Å². The van der Waals surface area contributed by atoms with Gasteiger partial charge in [0.05, 0.1) is 6.61 Å². The van der Waals surface area contributed by atoms with Crippen molar-refractivity contribution in [3.63, 3.8) is 0 Å². The third-order valence-electron chi connectivity index (χ3n) is 4.85. The van der Waals surface area contributed by atoms with E-state index in [4.69, 9.17) is 9.15 Å². The van der Waals surface area contributed by atoms with Gasteiger partial charge in [-0.05, 0) is 58.7 Å². The molecular formula is C19H26N2O3. The van der Waals surface area contributed by atoms with Gasteiger partial charge in [0.15, 0.2) is 5.76 Å². The molecule has 5 nitrogen and oxygen atoms in total. The summed E-state index contributed by atoms with van der Waals surface area (Å²) in [5, 5.41) is 2.98. The minimum atomic E-state index is -0.178. The smallest absolute Gasteiger partial charge is 0.301 e. The highest BCUT2D eigenvalue weighted by molar-refractivity contribution is 5.99. The number of hydrogen-bond acceptors (Lipinski definition) is 4. The Morgan fingerprint density at radius 2 is 2.04 bits per heavy atom. The highest BCUT2D eigenvalue weighted by Crippen LogP contribution is 2.29. The molecule has 0 spiro atoms. The van der Waals surface area contributed by atoms with Gasteiger partial charge >= 0.3 is 5.91 Å². The molecule has 24 heavy (non-hydrogen) atoms. The topological polar surface area (TPSA) is 54.7 Å². The van der Waals surface area contributed by atoms with E-state index in [0.29, 0.717) is 30.0 Å². The molecule has 1 aromatic heterocycles. The van der Waals surface area contributed by atoms with E-state index in [1.54, 1.807) is 0 Å². The van der Waals surface area contributed by atoms with Crippen LogP contribution in [0.5, 0.6) is 5.75 Å². The molecule has 1 amide bonds. The molecule has 5 heteroatoms. The van der Waals surface area contributed by atoms with Gasteiger partial charge in [0, 0.05) is 23.0 Å². The molecule has 0 unspecified atom stereocenters. The molecule has 1 saturated heterocycles. The Hall–Kier alpha value is -2.01. The van der Waals surface area contributed by atoms with Crippen LogP contribution in [0, 0.1) is 6.92 Å². The molecule has 1 fully saturated rings. The SMILES string of the molecule is CCOc1ccc2oc(C(=O)NN3[C@@H](C)CCC[C@@H]3C)c(C)c2c1. The van der Waals surface area contributed by atoms with Crippen molar-refractivity contribution in [2.75, 3.05) is 6.61 Å². The van der Waals surface area contributed by atoms with Crippen LogP contribution in [0.15, 0.2) is 22.6 Å². The fraction of sp³-hybridized carbons (Fsp3) is 0.526. The minimum Gasteiger partial charge on any atom is -0.494 e. The highest BCUT2D eigenvalue weighted by atomic mass is 16.5. The summed E-state index contributed by atoms with van der Waals surface area (Å²) in [4.78, 5) is 12.7. The number of aryl methyl sites for hydroxylation is 1. The van der Waals surface area contributed by atoms with Crippen LogP contribution in [0.3, 0.4) is 0 Å². The number of carbonyl (C=O) groups excluding carboxylic acids is 1. The van der Waals surface area contributed by atoms with Crippen LogP contribution in [-0.2, 0) is 0 Å². The predicted octanol–water partition coefficient (Wildman–Crippen LogP) is 4.05. The number of amides is 1. The Morgan fingerprint density at radius 1 is 1.33 bits per heavy atom. The summed E-state index contributed by atoms with van der Waals surface area (Å²) in [6.45, 7) is 8.78. The van der Waals surface area contributed by atoms with Gasteiger partial charge in [-0.25, -0.2) is 5.01 Å². The number of carbonyl (C=O) groups is 1. The molecule has 3 rings (SSSR count). The molecule has 2 heterocycles. The normalized spacial score (nSPS) is 21.8. The van der Waals surface area contributed by atoms with Crippen LogP contribution in [-0.4, -0.2) is 29.6 Å². The molecule has 130 valence electrons. The van der Waals surface area contributed by atoms with Gasteiger partial charge in [-0.3, -0.25) is 10.2 Å². The minimum absolute atomic E-state index is 0.178. The summed E-state index contributed by atoms with van der Waals surface area (Å²) >= 11 is 0. The van der Waals surface area contributed by atoms with Gasteiger partial charge < -0.3 is 9.15 Å². The quantitative estimate of drug-likeness (QED) is 0.919. The zero-order valence-corrected chi connectivity index (χ0v) is 14.9. The number of hydrazine groups is 1. The van der Waals surface area contributed by atoms with Crippen LogP contribution in [0.2, 0.25) is 0 Å². The molecule has 1 N–H and O–H groups in total. The lowest BCUT2D eigenvalue weighted by molar-refractivity contribution is 0.0352. The van der Waals surface area contributed by atoms with Crippen LogP contribution in [0.25, 0.3) is 11.0 Å². The molecule has 0 bridgehead atoms. The second kappa shape index (κ2) is 6.85. The molecule has 1 aromatic carbocycles. The molecule has 1 aliphatic heterocycles. The zero-order chi connectivity index (χ0) is 17.3. The van der Waals surface area contributed by atoms with Crippen LogP contribution >= 0.6 is 0 Å². The standard InChI is InChI=1S/C19H26N2O3/c1-5-23-15-9-10-17-16(11-15)14(4)18(24-17)19(22)20-21-12(2)7-6-8-13(21)3/h9-13H,5-8H2,1-4H3,(H,20,22)/t12-,13-/m0/s1. The number of rotatable bonds is 4. The summed E-state index contributed by atoms with van der Waals surface area (Å²) in [6.07, 6.45) is 3.40. The van der Waals surface area contributed by atoms with Crippen molar-refractivity contribution in [1.29, 1.82) is 0 Å². The first-order valence-electron chi connectivity index (χ1n) is 8.76. The Bertz CT molecular complexity index is 728. The van der Waals surface area contributed by atoms with Gasteiger partial charge in [0.1, 0.15) is 11.3 Å². The Balaban J connectivity index is 1.85. The monoisotopic (exact) mass is 330 g/mol. The fourth-order valence-corrected chi connectivity index (χ4v) is 3.48. The second-order valence-electron chi connectivity index (χ2n) is 6.62. The third kappa shape index (κ3) is 3.13. The summed E-state index contributed by atoms with van der Waals surface area (Å²) in [5.41, 5.74) is 4.60. The zero-order valence-electron chi connectivity index (χ0n) is 14.9. The van der Waals surface area contributed by atoms with Crippen molar-refractivity contribution in [1.82, 2.24) is 10.4 Å². The largest absolute Gasteiger partial charge is 0.494 e. The van der Waals surface area contributed by atoms with Crippen molar-refractivity contribution >= 4 is 16.9 Å². The number of furan rings is 1. The number of piperidine rings is 1. The number of ether oxygens (including phenoxy) is 1. The molecule has 1 aliphatic rings. The van der Waals surface area contributed by atoms with Crippen molar-refractivity contribution in [3.8, 4) is 5.75 Å². The lowest BCUT2D eigenvalue weighted by atomic mass is 10.00. The number of nitrogens with one attached hydrogen (secondary N) is 1. The average Bonchev–Trinajstić information content (AvgIpc) is 2.88. The first kappa shape index (κ1) is 16.8. The fourth-order valence-electron chi connectivity index (χ4n) is 3.48. The predicted molar refractivity (Wildman–Crippen MR) is 94.2 cm³/mol. The lowest BCUT2D eigenvalue weighted by Crippen LogP contribution is -2.54. The van der Waals surface area contributed by atoms with Crippen molar-refractivity contribution in [2.24, 2.45) is 0 Å². The first-order valence-corrected chi connectivity index (χ1v) is 8.76. The van der Waals surface area contributed by atoms with E-state index in [2.05, 4.69) is 24.3 Å². The van der Waals surface area contributed by atoms with E-state index in [1.807, 2.05) is 32.0 Å². The number of fused-ring (bicyclic) bond motifs is 1. The van der Waals surface area contributed by atoms with E-state index in [0.717, 1.165) is 29.5 Å². The summed E-state index contributed by atoms with van der Waals surface area (Å²) < 4.78 is 11.3. The van der Waals surface area contributed by atoms with Crippen molar-refractivity contribution in [3.05, 3.63) is 29.5 Å². The highest BCUT2D eigenvalue weighted by Gasteiger charge is 2.28. The molecule has 0 aliphatic carbocycles. The Labute approximate surface area is 142 Å².